The van der Waals surface area contributed by atoms with Crippen LogP contribution in [-0.2, 0) is 14.6 Å². The maximum absolute atomic E-state index is 13.8. The van der Waals surface area contributed by atoms with Gasteiger partial charge < -0.3 is 5.11 Å². The van der Waals surface area contributed by atoms with Gasteiger partial charge in [-0.05, 0) is 24.5 Å². The topological polar surface area (TPSA) is 71.4 Å². The van der Waals surface area contributed by atoms with Crippen molar-refractivity contribution in [1.29, 1.82) is 0 Å². The number of rotatable bonds is 3. The second-order valence-corrected chi connectivity index (χ2v) is 7.28. The summed E-state index contributed by atoms with van der Waals surface area (Å²) < 4.78 is 36.9. The molecule has 4 nitrogen and oxygen atoms in total. The second kappa shape index (κ2) is 5.36. The Morgan fingerprint density at radius 3 is 2.55 bits per heavy atom. The van der Waals surface area contributed by atoms with E-state index in [-0.39, 0.29) is 18.4 Å². The number of carboxylic acid groups (broad SMARTS) is 1. The molecule has 1 N–H and O–H groups in total. The van der Waals surface area contributed by atoms with E-state index in [0.29, 0.717) is 5.57 Å². The zero-order valence-electron chi connectivity index (χ0n) is 10.9. The molecule has 0 aliphatic heterocycles. The molecule has 2 atom stereocenters. The molecule has 0 saturated carbocycles. The molecular weight excluding hydrogens is 283 g/mol. The highest BCUT2D eigenvalue weighted by Gasteiger charge is 2.35. The molecule has 1 aliphatic carbocycles. The quantitative estimate of drug-likeness (QED) is 0.927. The number of hydrogen-bond donors (Lipinski definition) is 1. The highest BCUT2D eigenvalue weighted by molar-refractivity contribution is 7.91. The lowest BCUT2D eigenvalue weighted by atomic mass is 9.83. The van der Waals surface area contributed by atoms with Gasteiger partial charge in [-0.25, -0.2) is 12.8 Å². The predicted molar refractivity (Wildman–Crippen MR) is 73.4 cm³/mol. The first kappa shape index (κ1) is 14.7. The van der Waals surface area contributed by atoms with Crippen LogP contribution < -0.4 is 0 Å². The van der Waals surface area contributed by atoms with Crippen molar-refractivity contribution in [1.82, 2.24) is 0 Å². The Morgan fingerprint density at radius 2 is 2.00 bits per heavy atom. The Bertz CT molecular complexity index is 664. The molecular formula is C14H15FO4S. The van der Waals surface area contributed by atoms with Crippen LogP contribution in [0.1, 0.15) is 18.4 Å². The number of benzene rings is 1. The number of aliphatic carboxylic acids is 1. The van der Waals surface area contributed by atoms with E-state index in [1.165, 1.54) is 24.3 Å². The summed E-state index contributed by atoms with van der Waals surface area (Å²) in [6.45, 7) is 0. The molecule has 0 bridgehead atoms. The monoisotopic (exact) mass is 298 g/mol. The predicted octanol–water partition coefficient (Wildman–Crippen LogP) is 2.12. The Kier molecular flexibility index (Phi) is 3.94. The first-order chi connectivity index (χ1) is 9.30. The first-order valence-corrected chi connectivity index (χ1v) is 8.12. The van der Waals surface area contributed by atoms with Crippen LogP contribution in [0.5, 0.6) is 0 Å². The van der Waals surface area contributed by atoms with Gasteiger partial charge in [-0.15, -0.1) is 0 Å². The van der Waals surface area contributed by atoms with Crippen molar-refractivity contribution in [2.45, 2.75) is 18.1 Å². The smallest absolute Gasteiger partial charge is 0.311 e. The SMILES string of the molecule is CS(=O)(=O)C1CC=C(c2ccccc2F)C(C(=O)O)C1. The fourth-order valence-corrected chi connectivity index (χ4v) is 3.45. The van der Waals surface area contributed by atoms with E-state index >= 15 is 0 Å². The van der Waals surface area contributed by atoms with Gasteiger partial charge in [0.15, 0.2) is 9.84 Å². The average Bonchev–Trinajstić information content (AvgIpc) is 2.37. The molecule has 6 heteroatoms. The maximum atomic E-state index is 13.8. The van der Waals surface area contributed by atoms with Crippen LogP contribution in [0.15, 0.2) is 30.3 Å². The van der Waals surface area contributed by atoms with Gasteiger partial charge >= 0.3 is 5.97 Å². The summed E-state index contributed by atoms with van der Waals surface area (Å²) in [6.07, 6.45) is 2.82. The molecule has 0 radical (unpaired) electrons. The summed E-state index contributed by atoms with van der Waals surface area (Å²) in [5, 5.41) is 8.56. The third-order valence-electron chi connectivity index (χ3n) is 3.56. The minimum atomic E-state index is -3.31. The molecule has 20 heavy (non-hydrogen) atoms. The maximum Gasteiger partial charge on any atom is 0.311 e. The Balaban J connectivity index is 2.45. The van der Waals surface area contributed by atoms with E-state index in [9.17, 15) is 22.7 Å². The summed E-state index contributed by atoms with van der Waals surface area (Å²) in [4.78, 5) is 11.4. The zero-order chi connectivity index (χ0) is 14.9. The summed E-state index contributed by atoms with van der Waals surface area (Å²) in [7, 11) is -3.31. The molecule has 1 aliphatic rings. The van der Waals surface area contributed by atoms with E-state index in [0.717, 1.165) is 6.26 Å². The average molecular weight is 298 g/mol. The third-order valence-corrected chi connectivity index (χ3v) is 5.16. The van der Waals surface area contributed by atoms with Gasteiger partial charge in [0, 0.05) is 11.8 Å². The Hall–Kier alpha value is -1.69. The van der Waals surface area contributed by atoms with Gasteiger partial charge in [-0.3, -0.25) is 4.79 Å². The molecule has 2 unspecified atom stereocenters. The van der Waals surface area contributed by atoms with Crippen molar-refractivity contribution in [2.75, 3.05) is 6.26 Å². The fourth-order valence-electron chi connectivity index (χ4n) is 2.46. The van der Waals surface area contributed by atoms with E-state index in [1.54, 1.807) is 6.07 Å². The highest BCUT2D eigenvalue weighted by atomic mass is 32.2. The standard InChI is InChI=1S/C14H15FO4S/c1-20(18,19)9-6-7-10(12(8-9)14(16)17)11-4-2-3-5-13(11)15/h2-5,7,9,12H,6,8H2,1H3,(H,16,17). The van der Waals surface area contributed by atoms with Crippen LogP contribution in [0.25, 0.3) is 5.57 Å². The van der Waals surface area contributed by atoms with E-state index in [1.807, 2.05) is 0 Å². The van der Waals surface area contributed by atoms with E-state index < -0.39 is 32.8 Å². The molecule has 0 fully saturated rings. The third kappa shape index (κ3) is 2.90. The van der Waals surface area contributed by atoms with Crippen LogP contribution in [0.3, 0.4) is 0 Å². The van der Waals surface area contributed by atoms with Crippen LogP contribution in [0.4, 0.5) is 4.39 Å². The van der Waals surface area contributed by atoms with Crippen molar-refractivity contribution >= 4 is 21.4 Å². The number of allylic oxidation sites excluding steroid dienone is 1. The molecule has 0 amide bonds. The van der Waals surface area contributed by atoms with Gasteiger partial charge in [-0.1, -0.05) is 24.3 Å². The highest BCUT2D eigenvalue weighted by Crippen LogP contribution is 2.36. The summed E-state index contributed by atoms with van der Waals surface area (Å²) >= 11 is 0. The summed E-state index contributed by atoms with van der Waals surface area (Å²) in [6, 6.07) is 5.92. The number of sulfone groups is 1. The van der Waals surface area contributed by atoms with Crippen molar-refractivity contribution in [3.63, 3.8) is 0 Å². The first-order valence-electron chi connectivity index (χ1n) is 6.17. The lowest BCUT2D eigenvalue weighted by Crippen LogP contribution is -2.30. The van der Waals surface area contributed by atoms with Crippen molar-refractivity contribution in [3.8, 4) is 0 Å². The van der Waals surface area contributed by atoms with Crippen molar-refractivity contribution in [3.05, 3.63) is 41.7 Å². The van der Waals surface area contributed by atoms with Gasteiger partial charge in [-0.2, -0.15) is 0 Å². The molecule has 0 saturated heterocycles. The lowest BCUT2D eigenvalue weighted by Gasteiger charge is -2.26. The summed E-state index contributed by atoms with van der Waals surface area (Å²) in [5.74, 6) is -2.63. The van der Waals surface area contributed by atoms with Crippen molar-refractivity contribution in [2.24, 2.45) is 5.92 Å². The van der Waals surface area contributed by atoms with Gasteiger partial charge in [0.05, 0.1) is 11.2 Å². The van der Waals surface area contributed by atoms with Crippen LogP contribution in [0.2, 0.25) is 0 Å². The van der Waals surface area contributed by atoms with Crippen LogP contribution in [-0.4, -0.2) is 31.0 Å². The zero-order valence-corrected chi connectivity index (χ0v) is 11.7. The number of halogens is 1. The summed E-state index contributed by atoms with van der Waals surface area (Å²) in [5.41, 5.74) is 0.586. The van der Waals surface area contributed by atoms with Gasteiger partial charge in [0.1, 0.15) is 5.82 Å². The van der Waals surface area contributed by atoms with Crippen LogP contribution in [0, 0.1) is 11.7 Å². The normalized spacial score (nSPS) is 23.2. The minimum absolute atomic E-state index is 0.0195. The number of carboxylic acids is 1. The van der Waals surface area contributed by atoms with Crippen LogP contribution >= 0.6 is 0 Å². The Labute approximate surface area is 116 Å². The number of carbonyl (C=O) groups is 1. The minimum Gasteiger partial charge on any atom is -0.481 e. The molecule has 108 valence electrons. The van der Waals surface area contributed by atoms with Crippen molar-refractivity contribution < 1.29 is 22.7 Å². The fraction of sp³-hybridized carbons (Fsp3) is 0.357. The Morgan fingerprint density at radius 1 is 1.35 bits per heavy atom. The molecule has 2 rings (SSSR count). The largest absolute Gasteiger partial charge is 0.481 e. The molecule has 0 spiro atoms. The molecule has 0 aromatic heterocycles. The number of hydrogen-bond acceptors (Lipinski definition) is 3. The second-order valence-electron chi connectivity index (χ2n) is 4.95. The van der Waals surface area contributed by atoms with Gasteiger partial charge in [0.25, 0.3) is 0 Å². The molecule has 1 aromatic rings. The molecule has 1 aromatic carbocycles. The lowest BCUT2D eigenvalue weighted by molar-refractivity contribution is -0.139. The van der Waals surface area contributed by atoms with Gasteiger partial charge in [0.2, 0.25) is 0 Å². The van der Waals surface area contributed by atoms with E-state index in [2.05, 4.69) is 0 Å². The van der Waals surface area contributed by atoms with E-state index in [4.69, 9.17) is 0 Å². The molecule has 0 heterocycles.